The van der Waals surface area contributed by atoms with Crippen molar-refractivity contribution in [2.45, 2.75) is 26.2 Å². The Morgan fingerprint density at radius 1 is 1.36 bits per heavy atom. The van der Waals surface area contributed by atoms with Crippen molar-refractivity contribution in [2.24, 2.45) is 5.41 Å². The summed E-state index contributed by atoms with van der Waals surface area (Å²) in [6.45, 7) is 5.99. The SMILES string of the molecule is CCN1CCCC2(CCN(C)C2)C1=O. The number of rotatable bonds is 1. The van der Waals surface area contributed by atoms with Crippen molar-refractivity contribution in [3.05, 3.63) is 0 Å². The molecular weight excluding hydrogens is 176 g/mol. The number of carbonyl (C=O) groups excluding carboxylic acids is 1. The van der Waals surface area contributed by atoms with Gasteiger partial charge in [0.25, 0.3) is 0 Å². The molecule has 80 valence electrons. The number of hydrogen-bond acceptors (Lipinski definition) is 2. The Balaban J connectivity index is 2.14. The average Bonchev–Trinajstić information content (AvgIpc) is 2.54. The molecule has 0 aliphatic carbocycles. The van der Waals surface area contributed by atoms with Crippen molar-refractivity contribution < 1.29 is 4.79 Å². The first-order valence-electron chi connectivity index (χ1n) is 5.66. The molecule has 1 spiro atoms. The summed E-state index contributed by atoms with van der Waals surface area (Å²) in [6.07, 6.45) is 3.36. The predicted octanol–water partition coefficient (Wildman–Crippen LogP) is 0.951. The Kier molecular flexibility index (Phi) is 2.52. The summed E-state index contributed by atoms with van der Waals surface area (Å²) in [4.78, 5) is 16.5. The van der Waals surface area contributed by atoms with Crippen LogP contribution < -0.4 is 0 Å². The van der Waals surface area contributed by atoms with E-state index in [4.69, 9.17) is 0 Å². The summed E-state index contributed by atoms with van der Waals surface area (Å²) >= 11 is 0. The maximum Gasteiger partial charge on any atom is 0.230 e. The lowest BCUT2D eigenvalue weighted by molar-refractivity contribution is -0.145. The van der Waals surface area contributed by atoms with Gasteiger partial charge in [0.1, 0.15) is 0 Å². The van der Waals surface area contributed by atoms with Crippen LogP contribution in [-0.4, -0.2) is 48.9 Å². The van der Waals surface area contributed by atoms with Crippen LogP contribution in [0.2, 0.25) is 0 Å². The Bertz CT molecular complexity index is 237. The Hall–Kier alpha value is -0.570. The van der Waals surface area contributed by atoms with Gasteiger partial charge >= 0.3 is 0 Å². The highest BCUT2D eigenvalue weighted by Crippen LogP contribution is 2.39. The van der Waals surface area contributed by atoms with Gasteiger partial charge in [-0.05, 0) is 39.8 Å². The smallest absolute Gasteiger partial charge is 0.230 e. The van der Waals surface area contributed by atoms with Crippen LogP contribution in [0.4, 0.5) is 0 Å². The predicted molar refractivity (Wildman–Crippen MR) is 56.0 cm³/mol. The van der Waals surface area contributed by atoms with Crippen molar-refractivity contribution in [2.75, 3.05) is 33.2 Å². The highest BCUT2D eigenvalue weighted by Gasteiger charge is 2.46. The summed E-state index contributed by atoms with van der Waals surface area (Å²) in [5.41, 5.74) is -0.0109. The molecule has 3 heteroatoms. The first-order chi connectivity index (χ1) is 6.68. The first kappa shape index (κ1) is 9.97. The Labute approximate surface area is 86.1 Å². The molecule has 2 saturated heterocycles. The van der Waals surface area contributed by atoms with E-state index < -0.39 is 0 Å². The number of amides is 1. The van der Waals surface area contributed by atoms with Gasteiger partial charge in [0.05, 0.1) is 5.41 Å². The molecule has 3 nitrogen and oxygen atoms in total. The van der Waals surface area contributed by atoms with Crippen LogP contribution in [0.15, 0.2) is 0 Å². The fraction of sp³-hybridized carbons (Fsp3) is 0.909. The standard InChI is InChI=1S/C11H20N2O/c1-3-13-7-4-5-11(10(13)14)6-8-12(2)9-11/h3-9H2,1-2H3. The van der Waals surface area contributed by atoms with Gasteiger partial charge in [0, 0.05) is 19.6 Å². The number of hydrogen-bond donors (Lipinski definition) is 0. The van der Waals surface area contributed by atoms with E-state index in [-0.39, 0.29) is 5.41 Å². The lowest BCUT2D eigenvalue weighted by Crippen LogP contribution is -2.49. The van der Waals surface area contributed by atoms with Crippen molar-refractivity contribution in [3.63, 3.8) is 0 Å². The summed E-state index contributed by atoms with van der Waals surface area (Å²) in [7, 11) is 2.12. The molecule has 1 amide bonds. The van der Waals surface area contributed by atoms with E-state index in [0.29, 0.717) is 5.91 Å². The Morgan fingerprint density at radius 3 is 2.71 bits per heavy atom. The number of likely N-dealkylation sites (tertiary alicyclic amines) is 2. The van der Waals surface area contributed by atoms with Crippen molar-refractivity contribution >= 4 is 5.91 Å². The fourth-order valence-corrected chi connectivity index (χ4v) is 2.91. The van der Waals surface area contributed by atoms with E-state index in [9.17, 15) is 4.79 Å². The summed E-state index contributed by atoms with van der Waals surface area (Å²) in [5.74, 6) is 0.413. The molecule has 1 atom stereocenters. The fourth-order valence-electron chi connectivity index (χ4n) is 2.91. The van der Waals surface area contributed by atoms with Crippen LogP contribution in [0.3, 0.4) is 0 Å². The van der Waals surface area contributed by atoms with E-state index in [1.54, 1.807) is 0 Å². The van der Waals surface area contributed by atoms with E-state index in [1.807, 2.05) is 4.90 Å². The van der Waals surface area contributed by atoms with E-state index in [2.05, 4.69) is 18.9 Å². The molecule has 0 saturated carbocycles. The molecule has 0 aromatic rings. The quantitative estimate of drug-likeness (QED) is 0.623. The number of piperidine rings is 1. The molecule has 0 N–H and O–H groups in total. The third-order valence-corrected chi connectivity index (χ3v) is 3.75. The van der Waals surface area contributed by atoms with Crippen LogP contribution in [0.1, 0.15) is 26.2 Å². The molecule has 2 aliphatic heterocycles. The summed E-state index contributed by atoms with van der Waals surface area (Å²) in [5, 5.41) is 0. The van der Waals surface area contributed by atoms with Crippen LogP contribution >= 0.6 is 0 Å². The highest BCUT2D eigenvalue weighted by molar-refractivity contribution is 5.84. The zero-order valence-electron chi connectivity index (χ0n) is 9.25. The second-order valence-electron chi connectivity index (χ2n) is 4.76. The van der Waals surface area contributed by atoms with Crippen molar-refractivity contribution in [1.29, 1.82) is 0 Å². The van der Waals surface area contributed by atoms with Crippen LogP contribution in [0.25, 0.3) is 0 Å². The molecule has 2 aliphatic rings. The van der Waals surface area contributed by atoms with Gasteiger partial charge in [-0.3, -0.25) is 4.79 Å². The van der Waals surface area contributed by atoms with Crippen LogP contribution in [-0.2, 0) is 4.79 Å². The minimum absolute atomic E-state index is 0.0109. The van der Waals surface area contributed by atoms with Gasteiger partial charge in [-0.1, -0.05) is 0 Å². The number of nitrogens with zero attached hydrogens (tertiary/aromatic N) is 2. The summed E-state index contributed by atoms with van der Waals surface area (Å²) in [6, 6.07) is 0. The minimum atomic E-state index is -0.0109. The second-order valence-corrected chi connectivity index (χ2v) is 4.76. The monoisotopic (exact) mass is 196 g/mol. The molecule has 0 aromatic heterocycles. The maximum absolute atomic E-state index is 12.2. The zero-order chi connectivity index (χ0) is 10.2. The van der Waals surface area contributed by atoms with Gasteiger partial charge < -0.3 is 9.80 Å². The summed E-state index contributed by atoms with van der Waals surface area (Å²) < 4.78 is 0. The molecule has 1 unspecified atom stereocenters. The van der Waals surface area contributed by atoms with E-state index in [0.717, 1.165) is 39.0 Å². The van der Waals surface area contributed by atoms with Crippen LogP contribution in [0, 0.1) is 5.41 Å². The van der Waals surface area contributed by atoms with Gasteiger partial charge in [0.15, 0.2) is 0 Å². The zero-order valence-corrected chi connectivity index (χ0v) is 9.25. The average molecular weight is 196 g/mol. The third kappa shape index (κ3) is 1.44. The van der Waals surface area contributed by atoms with Crippen molar-refractivity contribution in [3.8, 4) is 0 Å². The molecule has 0 aromatic carbocycles. The minimum Gasteiger partial charge on any atom is -0.342 e. The highest BCUT2D eigenvalue weighted by atomic mass is 16.2. The Morgan fingerprint density at radius 2 is 2.14 bits per heavy atom. The molecule has 2 rings (SSSR count). The second kappa shape index (κ2) is 3.54. The maximum atomic E-state index is 12.2. The van der Waals surface area contributed by atoms with Gasteiger partial charge in [-0.15, -0.1) is 0 Å². The van der Waals surface area contributed by atoms with Crippen molar-refractivity contribution in [1.82, 2.24) is 9.80 Å². The normalized spacial score (nSPS) is 34.4. The lowest BCUT2D eigenvalue weighted by atomic mass is 9.78. The van der Waals surface area contributed by atoms with Gasteiger partial charge in [-0.25, -0.2) is 0 Å². The molecule has 2 fully saturated rings. The molecule has 0 bridgehead atoms. The molecule has 2 heterocycles. The molecular formula is C11H20N2O. The lowest BCUT2D eigenvalue weighted by Gasteiger charge is -2.38. The topological polar surface area (TPSA) is 23.6 Å². The van der Waals surface area contributed by atoms with E-state index >= 15 is 0 Å². The van der Waals surface area contributed by atoms with E-state index in [1.165, 1.54) is 6.42 Å². The molecule has 14 heavy (non-hydrogen) atoms. The largest absolute Gasteiger partial charge is 0.342 e. The number of carbonyl (C=O) groups is 1. The molecule has 0 radical (unpaired) electrons. The van der Waals surface area contributed by atoms with Gasteiger partial charge in [0.2, 0.25) is 5.91 Å². The van der Waals surface area contributed by atoms with Crippen LogP contribution in [0.5, 0.6) is 0 Å². The van der Waals surface area contributed by atoms with Gasteiger partial charge in [-0.2, -0.15) is 0 Å². The first-order valence-corrected chi connectivity index (χ1v) is 5.66. The third-order valence-electron chi connectivity index (χ3n) is 3.75.